The first-order valence-corrected chi connectivity index (χ1v) is 10.9. The lowest BCUT2D eigenvalue weighted by molar-refractivity contribution is 0.0990. The van der Waals surface area contributed by atoms with Crippen molar-refractivity contribution in [3.8, 4) is 34.2 Å². The third-order valence-electron chi connectivity index (χ3n) is 5.69. The van der Waals surface area contributed by atoms with Gasteiger partial charge in [-0.05, 0) is 42.5 Å². The molecular weight excluding hydrogens is 474 g/mol. The smallest absolute Gasteiger partial charge is 0.269 e. The highest BCUT2D eigenvalue weighted by molar-refractivity contribution is 6.33. The zero-order valence-corrected chi connectivity index (χ0v) is 18.7. The van der Waals surface area contributed by atoms with E-state index in [1.165, 1.54) is 6.20 Å². The van der Waals surface area contributed by atoms with Gasteiger partial charge >= 0.3 is 0 Å². The van der Waals surface area contributed by atoms with Gasteiger partial charge in [0.25, 0.3) is 11.8 Å². The highest BCUT2D eigenvalue weighted by Gasteiger charge is 2.30. The van der Waals surface area contributed by atoms with Gasteiger partial charge in [0.2, 0.25) is 6.79 Å². The molecule has 2 amide bonds. The minimum Gasteiger partial charge on any atom is -0.488 e. The molecule has 3 N–H and O–H groups in total. The van der Waals surface area contributed by atoms with Crippen molar-refractivity contribution in [2.45, 2.75) is 6.61 Å². The number of carbonyl (C=O) groups excluding carboxylic acids is 2. The van der Waals surface area contributed by atoms with E-state index < -0.39 is 11.8 Å². The molecule has 6 rings (SSSR count). The van der Waals surface area contributed by atoms with Crippen molar-refractivity contribution in [2.75, 3.05) is 12.1 Å². The van der Waals surface area contributed by atoms with Crippen molar-refractivity contribution < 1.29 is 23.8 Å². The Balaban J connectivity index is 1.46. The van der Waals surface area contributed by atoms with E-state index in [9.17, 15) is 9.59 Å². The number of hydrogen-bond acceptors (Lipinski definition) is 7. The van der Waals surface area contributed by atoms with E-state index in [0.717, 1.165) is 0 Å². The van der Waals surface area contributed by atoms with Crippen LogP contribution in [0.2, 0.25) is 5.15 Å². The third-order valence-corrected chi connectivity index (χ3v) is 5.99. The molecule has 2 aliphatic heterocycles. The highest BCUT2D eigenvalue weighted by Crippen LogP contribution is 2.42. The minimum atomic E-state index is -0.677. The molecular formula is C24H16ClN5O5. The van der Waals surface area contributed by atoms with Crippen molar-refractivity contribution in [3.05, 3.63) is 76.7 Å². The molecule has 0 saturated carbocycles. The second kappa shape index (κ2) is 8.03. The maximum absolute atomic E-state index is 12.8. The molecule has 2 aromatic carbocycles. The summed E-state index contributed by atoms with van der Waals surface area (Å²) in [6, 6.07) is 13.7. The first-order valence-electron chi connectivity index (χ1n) is 10.5. The maximum Gasteiger partial charge on any atom is 0.269 e. The lowest BCUT2D eigenvalue weighted by atomic mass is 10.0. The number of pyridine rings is 1. The summed E-state index contributed by atoms with van der Waals surface area (Å²) < 4.78 is 18.4. The van der Waals surface area contributed by atoms with Gasteiger partial charge in [-0.1, -0.05) is 11.6 Å². The number of anilines is 1. The van der Waals surface area contributed by atoms with Crippen LogP contribution in [-0.4, -0.2) is 33.4 Å². The fraction of sp³-hybridized carbons (Fsp3) is 0.0833. The first kappa shape index (κ1) is 21.0. The summed E-state index contributed by atoms with van der Waals surface area (Å²) in [7, 11) is 0. The highest BCUT2D eigenvalue weighted by atomic mass is 35.5. The van der Waals surface area contributed by atoms with E-state index in [0.29, 0.717) is 45.4 Å². The lowest BCUT2D eigenvalue weighted by Gasteiger charge is -2.21. The summed E-state index contributed by atoms with van der Waals surface area (Å²) in [4.78, 5) is 28.9. The molecule has 0 radical (unpaired) electrons. The predicted molar refractivity (Wildman–Crippen MR) is 125 cm³/mol. The van der Waals surface area contributed by atoms with Crippen LogP contribution in [0.25, 0.3) is 16.9 Å². The molecule has 174 valence electrons. The number of aromatic nitrogens is 3. The SMILES string of the molecule is NC(=O)c1nn(-c2ccc3c(c2)OCO3)c2c1COc1ccc(NC(=O)c3cccnc3Cl)cc1-2. The van der Waals surface area contributed by atoms with E-state index in [2.05, 4.69) is 15.4 Å². The summed E-state index contributed by atoms with van der Waals surface area (Å²) >= 11 is 6.06. The molecule has 11 heteroatoms. The van der Waals surface area contributed by atoms with E-state index >= 15 is 0 Å². The van der Waals surface area contributed by atoms with Gasteiger partial charge in [-0.25, -0.2) is 9.67 Å². The van der Waals surface area contributed by atoms with Gasteiger partial charge in [0.15, 0.2) is 17.2 Å². The van der Waals surface area contributed by atoms with Crippen LogP contribution in [0, 0.1) is 0 Å². The van der Waals surface area contributed by atoms with E-state index in [-0.39, 0.29) is 29.8 Å². The van der Waals surface area contributed by atoms with Gasteiger partial charge in [0.05, 0.1) is 16.9 Å². The van der Waals surface area contributed by atoms with Crippen LogP contribution in [-0.2, 0) is 6.61 Å². The summed E-state index contributed by atoms with van der Waals surface area (Å²) in [5.74, 6) is 0.653. The van der Waals surface area contributed by atoms with Crippen LogP contribution < -0.4 is 25.3 Å². The van der Waals surface area contributed by atoms with Crippen LogP contribution in [0.3, 0.4) is 0 Å². The van der Waals surface area contributed by atoms with Crippen LogP contribution in [0.5, 0.6) is 17.2 Å². The first-order chi connectivity index (χ1) is 17.0. The standard InChI is InChI=1S/C24H16ClN5O5/c25-22-14(2-1-7-27-22)24(32)28-12-3-5-17-15(8-12)21-16(10-33-17)20(23(26)31)29-30(21)13-4-6-18-19(9-13)35-11-34-18/h1-9H,10-11H2,(H2,26,31)(H,28,32). The molecule has 2 aliphatic rings. The van der Waals surface area contributed by atoms with Crippen molar-refractivity contribution in [1.29, 1.82) is 0 Å². The molecule has 10 nitrogen and oxygen atoms in total. The normalized spacial score (nSPS) is 12.9. The summed E-state index contributed by atoms with van der Waals surface area (Å²) in [5.41, 5.74) is 8.88. The van der Waals surface area contributed by atoms with Gasteiger partial charge in [-0.3, -0.25) is 9.59 Å². The van der Waals surface area contributed by atoms with Gasteiger partial charge in [-0.2, -0.15) is 5.10 Å². The van der Waals surface area contributed by atoms with Crippen LogP contribution >= 0.6 is 11.6 Å². The molecule has 35 heavy (non-hydrogen) atoms. The Morgan fingerprint density at radius 1 is 1.03 bits per heavy atom. The number of nitrogens with one attached hydrogen (secondary N) is 1. The average Bonchev–Trinajstić information content (AvgIpc) is 3.48. The Kier molecular flexibility index (Phi) is 4.82. The molecule has 0 atom stereocenters. The number of rotatable bonds is 4. The van der Waals surface area contributed by atoms with Crippen molar-refractivity contribution in [1.82, 2.24) is 14.8 Å². The van der Waals surface area contributed by atoms with E-state index in [4.69, 9.17) is 31.5 Å². The topological polar surface area (TPSA) is 131 Å². The Labute approximate surface area is 203 Å². The van der Waals surface area contributed by atoms with Crippen LogP contribution in [0.4, 0.5) is 5.69 Å². The van der Waals surface area contributed by atoms with Gasteiger partial charge in [0.1, 0.15) is 17.5 Å². The summed E-state index contributed by atoms with van der Waals surface area (Å²) in [6.07, 6.45) is 1.50. The molecule has 4 heterocycles. The number of amides is 2. The Morgan fingerprint density at radius 2 is 1.86 bits per heavy atom. The number of halogens is 1. The second-order valence-corrected chi connectivity index (χ2v) is 8.14. The molecule has 0 fully saturated rings. The Bertz CT molecular complexity index is 1530. The number of hydrogen-bond donors (Lipinski definition) is 2. The number of nitrogens with two attached hydrogens (primary N) is 1. The van der Waals surface area contributed by atoms with Crippen molar-refractivity contribution >= 4 is 29.1 Å². The number of primary amides is 1. The number of fused-ring (bicyclic) bond motifs is 4. The molecule has 0 saturated heterocycles. The quantitative estimate of drug-likeness (QED) is 0.419. The fourth-order valence-corrected chi connectivity index (χ4v) is 4.29. The second-order valence-electron chi connectivity index (χ2n) is 7.78. The van der Waals surface area contributed by atoms with Crippen molar-refractivity contribution in [3.63, 3.8) is 0 Å². The molecule has 0 aliphatic carbocycles. The molecule has 0 unspecified atom stereocenters. The zero-order valence-electron chi connectivity index (χ0n) is 17.9. The lowest BCUT2D eigenvalue weighted by Crippen LogP contribution is -2.16. The molecule has 4 aromatic rings. The summed E-state index contributed by atoms with van der Waals surface area (Å²) in [6.45, 7) is 0.241. The maximum atomic E-state index is 12.8. The monoisotopic (exact) mass is 489 g/mol. The van der Waals surface area contributed by atoms with E-state index in [1.54, 1.807) is 53.2 Å². The van der Waals surface area contributed by atoms with Gasteiger partial charge < -0.3 is 25.3 Å². The van der Waals surface area contributed by atoms with Gasteiger partial charge in [-0.15, -0.1) is 0 Å². The summed E-state index contributed by atoms with van der Waals surface area (Å²) in [5, 5.41) is 7.41. The number of benzene rings is 2. The largest absolute Gasteiger partial charge is 0.488 e. The fourth-order valence-electron chi connectivity index (χ4n) is 4.09. The molecule has 0 bridgehead atoms. The average molecular weight is 490 g/mol. The van der Waals surface area contributed by atoms with E-state index in [1.807, 2.05) is 0 Å². The Hall–Kier alpha value is -4.57. The zero-order chi connectivity index (χ0) is 24.1. The molecule has 0 spiro atoms. The van der Waals surface area contributed by atoms with Crippen molar-refractivity contribution in [2.24, 2.45) is 5.73 Å². The number of nitrogens with zero attached hydrogens (tertiary/aromatic N) is 3. The molecule has 2 aromatic heterocycles. The minimum absolute atomic E-state index is 0.0971. The predicted octanol–water partition coefficient (Wildman–Crippen LogP) is 3.56. The van der Waals surface area contributed by atoms with Gasteiger partial charge in [0, 0.05) is 29.1 Å². The number of ether oxygens (including phenoxy) is 3. The number of carbonyl (C=O) groups is 2. The third kappa shape index (κ3) is 3.51. The van der Waals surface area contributed by atoms with Crippen LogP contribution in [0.15, 0.2) is 54.7 Å². The van der Waals surface area contributed by atoms with Crippen LogP contribution in [0.1, 0.15) is 26.4 Å². The Morgan fingerprint density at radius 3 is 2.69 bits per heavy atom.